The molecule has 0 spiro atoms. The predicted molar refractivity (Wildman–Crippen MR) is 373 cm³/mol. The summed E-state index contributed by atoms with van der Waals surface area (Å²) in [6.45, 7) is 26.2. The van der Waals surface area contributed by atoms with Gasteiger partial charge in [-0.3, -0.25) is 28.5 Å². The normalized spacial score (nSPS) is 23.3. The summed E-state index contributed by atoms with van der Waals surface area (Å²) in [5.41, 5.74) is 4.21. The fraction of sp³-hybridized carbons (Fsp3) is 0.639. The summed E-state index contributed by atoms with van der Waals surface area (Å²) in [5, 5.41) is 9.21. The lowest BCUT2D eigenvalue weighted by Gasteiger charge is -2.35. The molecule has 3 saturated heterocycles. The molecule has 8 atom stereocenters. The Morgan fingerprint density at radius 3 is 0.920 bits per heavy atom. The van der Waals surface area contributed by atoms with Gasteiger partial charge >= 0.3 is 23.9 Å². The van der Waals surface area contributed by atoms with E-state index >= 15 is 9.59 Å². The average Bonchev–Trinajstić information content (AvgIpc) is 1.58. The predicted octanol–water partition coefficient (Wildman–Crippen LogP) is 6.96. The third-order valence-corrected chi connectivity index (χ3v) is 23.3. The highest BCUT2D eigenvalue weighted by molar-refractivity contribution is 7.89. The van der Waals surface area contributed by atoms with Crippen molar-refractivity contribution in [2.24, 2.45) is 23.7 Å². The van der Waals surface area contributed by atoms with Gasteiger partial charge in [-0.2, -0.15) is 18.8 Å². The van der Waals surface area contributed by atoms with E-state index in [9.17, 15) is 45.6 Å². The molecule has 26 nitrogen and oxygen atoms in total. The molecule has 2 aromatic heterocycles. The number of esters is 4. The van der Waals surface area contributed by atoms with Crippen LogP contribution in [0.2, 0.25) is 0 Å². The minimum Gasteiger partial charge on any atom is -0.451 e. The molecule has 5 heterocycles. The first-order chi connectivity index (χ1) is 46.8. The van der Waals surface area contributed by atoms with Crippen LogP contribution in [0.4, 0.5) is 0 Å². The average molecular weight is 1430 g/mol. The summed E-state index contributed by atoms with van der Waals surface area (Å²) >= 11 is 0. The number of hydrogen-bond donors (Lipinski definition) is 0. The zero-order chi connectivity index (χ0) is 74.2. The van der Waals surface area contributed by atoms with Gasteiger partial charge in [0, 0.05) is 67.2 Å². The fourth-order valence-electron chi connectivity index (χ4n) is 13.3. The van der Waals surface area contributed by atoms with E-state index in [-0.39, 0.29) is 85.1 Å². The van der Waals surface area contributed by atoms with Crippen molar-refractivity contribution in [2.75, 3.05) is 54.4 Å². The molecule has 28 heteroatoms. The quantitative estimate of drug-likeness (QED) is 0.0638. The zero-order valence-electron chi connectivity index (χ0n) is 61.7. The van der Waals surface area contributed by atoms with E-state index in [0.717, 1.165) is 56.4 Å². The first kappa shape index (κ1) is 79.8. The van der Waals surface area contributed by atoms with Crippen LogP contribution in [0.3, 0.4) is 0 Å². The highest BCUT2D eigenvalue weighted by Gasteiger charge is 2.44. The number of nitrogens with zero attached hydrogens (tertiary/aromatic N) is 10. The number of cyclic esters (lactones) is 4. The molecular weight excluding hydrogens is 1320 g/mol. The monoisotopic (exact) mass is 1430 g/mol. The molecule has 3 aliphatic rings. The number of carbonyl (C=O) groups excluding carboxylic acids is 8. The summed E-state index contributed by atoms with van der Waals surface area (Å²) in [7, 11) is -2.12. The lowest BCUT2D eigenvalue weighted by atomic mass is 9.99. The third-order valence-electron chi connectivity index (χ3n) is 19.0. The van der Waals surface area contributed by atoms with Gasteiger partial charge in [-0.05, 0) is 139 Å². The van der Waals surface area contributed by atoms with Gasteiger partial charge in [-0.25, -0.2) is 36.0 Å². The van der Waals surface area contributed by atoms with E-state index in [2.05, 4.69) is 10.2 Å². The number of aromatic nitrogens is 4. The summed E-state index contributed by atoms with van der Waals surface area (Å²) in [4.78, 5) is 124. The molecule has 0 unspecified atom stereocenters. The highest BCUT2D eigenvalue weighted by atomic mass is 32.2. The maximum Gasteiger partial charge on any atom is 0.329 e. The molecule has 0 bridgehead atoms. The Morgan fingerprint density at radius 1 is 0.400 bits per heavy atom. The summed E-state index contributed by atoms with van der Waals surface area (Å²) in [6, 6.07) is 8.58. The second-order valence-corrected chi connectivity index (χ2v) is 32.7. The Labute approximate surface area is 590 Å². The van der Waals surface area contributed by atoms with E-state index in [1.54, 1.807) is 85.6 Å². The molecule has 4 amide bonds. The van der Waals surface area contributed by atoms with Crippen LogP contribution < -0.4 is 0 Å². The summed E-state index contributed by atoms with van der Waals surface area (Å²) in [5.74, 6) is -8.17. The number of ether oxygens (including phenoxy) is 4. The number of benzene rings is 2. The Balaban J connectivity index is 1.23. The highest BCUT2D eigenvalue weighted by Crippen LogP contribution is 2.31. The lowest BCUT2D eigenvalue weighted by Crippen LogP contribution is -2.55. The first-order valence-corrected chi connectivity index (χ1v) is 37.8. The Hall–Kier alpha value is -7.56. The van der Waals surface area contributed by atoms with Gasteiger partial charge in [0.2, 0.25) is 20.0 Å². The smallest absolute Gasteiger partial charge is 0.329 e. The fourth-order valence-corrected chi connectivity index (χ4v) is 17.1. The number of sulfonamides is 2. The second kappa shape index (κ2) is 33.9. The number of rotatable bonds is 20. The minimum atomic E-state index is -3.77. The van der Waals surface area contributed by atoms with Crippen molar-refractivity contribution in [3.8, 4) is 0 Å². The van der Waals surface area contributed by atoms with Crippen LogP contribution in [0.1, 0.15) is 166 Å². The molecule has 4 aromatic rings. The van der Waals surface area contributed by atoms with Crippen molar-refractivity contribution in [3.63, 3.8) is 0 Å². The summed E-state index contributed by atoms with van der Waals surface area (Å²) in [6.07, 6.45) is -3.65. The molecule has 0 aliphatic carbocycles. The van der Waals surface area contributed by atoms with Crippen LogP contribution >= 0.6 is 0 Å². The molecule has 7 rings (SSSR count). The van der Waals surface area contributed by atoms with Crippen LogP contribution in [0.15, 0.2) is 58.3 Å². The Bertz CT molecular complexity index is 3560. The van der Waals surface area contributed by atoms with E-state index in [4.69, 9.17) is 18.9 Å². The number of hydrogen-bond acceptors (Lipinski definition) is 18. The van der Waals surface area contributed by atoms with Crippen molar-refractivity contribution in [1.29, 1.82) is 0 Å². The van der Waals surface area contributed by atoms with Crippen molar-refractivity contribution in [1.82, 2.24) is 47.8 Å². The largest absolute Gasteiger partial charge is 0.451 e. The minimum absolute atomic E-state index is 0.0211. The third kappa shape index (κ3) is 19.1. The molecule has 3 fully saturated rings. The van der Waals surface area contributed by atoms with Crippen molar-refractivity contribution < 1.29 is 74.1 Å². The Morgan fingerprint density at radius 2 is 0.650 bits per heavy atom. The van der Waals surface area contributed by atoms with Crippen LogP contribution in [0.5, 0.6) is 0 Å². The van der Waals surface area contributed by atoms with Crippen molar-refractivity contribution in [2.45, 2.75) is 233 Å². The molecule has 0 radical (unpaired) electrons. The van der Waals surface area contributed by atoms with Gasteiger partial charge in [-0.1, -0.05) is 104 Å². The van der Waals surface area contributed by atoms with Gasteiger partial charge in [0.25, 0.3) is 23.6 Å². The number of likely N-dealkylation sites (N-methyl/N-ethyl adjacent to an activating group) is 4. The Kier molecular flexibility index (Phi) is 27.1. The molecule has 3 aliphatic heterocycles. The molecular formula is C72H106N10O16S2. The standard InChI is InChI=1S/C72H106N10O16S2/c1-43(2)35-57-69(87)95-51(13)65(83)75(15)60(38-46(7)8)72(90)98-62(40-54-25-29-56(30-26-54)42-82-50(12)64(48(10)74-82)100(93,94)80-33-21-22-34-80)68(86)78(18)58(36-44(3)4)70(88)96-52(14)66(84)76(16)59(37-45(5)6)71(89)97-61(67(85)77(57)17)39-53-23-27-55(28-24-53)41-81-49(11)63(47(9)73-81)99(91,92)79-31-19-20-32-79/h23-30,43-46,51-52,57-62H,19-22,31-42H2,1-18H3/t51-,52-,57+,58+,59+,60+,61-,62-/m1/s1. The van der Waals surface area contributed by atoms with E-state index < -0.39 is 116 Å². The van der Waals surface area contributed by atoms with Crippen molar-refractivity contribution >= 4 is 67.6 Å². The van der Waals surface area contributed by atoms with Gasteiger partial charge in [-0.15, -0.1) is 0 Å². The van der Waals surface area contributed by atoms with Crippen LogP contribution in [0.25, 0.3) is 0 Å². The molecule has 0 saturated carbocycles. The number of amides is 4. The van der Waals surface area contributed by atoms with E-state index in [1.165, 1.54) is 50.6 Å². The number of aryl methyl sites for hydroxylation is 2. The molecule has 100 heavy (non-hydrogen) atoms. The lowest BCUT2D eigenvalue weighted by molar-refractivity contribution is -0.176. The molecule has 2 aromatic carbocycles. The van der Waals surface area contributed by atoms with Crippen LogP contribution in [-0.4, -0.2) is 215 Å². The van der Waals surface area contributed by atoms with E-state index in [1.807, 2.05) is 55.4 Å². The molecule has 552 valence electrons. The maximum absolute atomic E-state index is 15.3. The second-order valence-electron chi connectivity index (χ2n) is 29.0. The van der Waals surface area contributed by atoms with Gasteiger partial charge in [0.15, 0.2) is 24.4 Å². The number of carbonyl (C=O) groups is 8. The van der Waals surface area contributed by atoms with E-state index in [0.29, 0.717) is 60.1 Å². The maximum atomic E-state index is 15.3. The van der Waals surface area contributed by atoms with Crippen molar-refractivity contribution in [3.05, 3.63) is 93.6 Å². The zero-order valence-corrected chi connectivity index (χ0v) is 63.3. The van der Waals surface area contributed by atoms with Gasteiger partial charge < -0.3 is 38.5 Å². The first-order valence-electron chi connectivity index (χ1n) is 35.0. The van der Waals surface area contributed by atoms with Gasteiger partial charge in [0.05, 0.1) is 35.9 Å². The van der Waals surface area contributed by atoms with Gasteiger partial charge in [0.1, 0.15) is 34.0 Å². The SMILES string of the molecule is Cc1nn(Cc2ccc(C[C@H]3OC(=O)[C@H](CC(C)C)N(C)C(=O)[C@@H](C)OC(=O)[C@H](CC(C)C)N(C)C(=O)[C@@H](Cc4ccc(Cn5nc(C)c(S(=O)(=O)N6CCCC6)c5C)cc4)OC(=O)[C@H](CC(C)C)N(C)C(=O)[C@@H](C)OC(=O)[C@H](CC(C)C)N(C)C3=O)cc2)c(C)c1S(=O)(=O)N1CCCC1. The van der Waals surface area contributed by atoms with Crippen LogP contribution in [0, 0.1) is 51.4 Å². The van der Waals surface area contributed by atoms with Crippen LogP contribution in [-0.2, 0) is 103 Å². The summed E-state index contributed by atoms with van der Waals surface area (Å²) < 4.78 is 85.5. The molecule has 0 N–H and O–H groups in total. The topological polar surface area (TPSA) is 297 Å².